The quantitative estimate of drug-likeness (QED) is 0.573. The van der Waals surface area contributed by atoms with Gasteiger partial charge in [0.2, 0.25) is 6.79 Å². The minimum Gasteiger partial charge on any atom is -0.454 e. The number of fused-ring (bicyclic) bond motifs is 1. The number of ether oxygens (including phenoxy) is 2. The van der Waals surface area contributed by atoms with Crippen LogP contribution in [0.5, 0.6) is 11.5 Å². The highest BCUT2D eigenvalue weighted by Gasteiger charge is 2.39. The molecule has 0 radical (unpaired) electrons. The topological polar surface area (TPSA) is 67.9 Å². The third-order valence-corrected chi connectivity index (χ3v) is 5.93. The van der Waals surface area contributed by atoms with Crippen molar-refractivity contribution in [3.8, 4) is 11.5 Å². The van der Waals surface area contributed by atoms with E-state index in [1.807, 2.05) is 68.4 Å². The highest BCUT2D eigenvalue weighted by molar-refractivity contribution is 6.36. The predicted molar refractivity (Wildman–Crippen MR) is 126 cm³/mol. The van der Waals surface area contributed by atoms with Crippen LogP contribution >= 0.6 is 0 Å². The van der Waals surface area contributed by atoms with Crippen LogP contribution in [-0.4, -0.2) is 30.1 Å². The van der Waals surface area contributed by atoms with Crippen molar-refractivity contribution in [3.63, 3.8) is 0 Å². The van der Waals surface area contributed by atoms with Gasteiger partial charge in [0.15, 0.2) is 11.5 Å². The molecule has 0 saturated carbocycles. The number of imide groups is 1. The van der Waals surface area contributed by atoms with Gasteiger partial charge in [0.25, 0.3) is 11.8 Å². The van der Waals surface area contributed by atoms with E-state index in [1.54, 1.807) is 12.1 Å². The molecule has 0 spiro atoms. The number of nitrogens with zero attached hydrogens (tertiary/aromatic N) is 1. The Hall–Kier alpha value is -4.06. The van der Waals surface area contributed by atoms with E-state index in [1.165, 1.54) is 4.90 Å². The molecule has 0 saturated heterocycles. The van der Waals surface area contributed by atoms with Crippen molar-refractivity contribution in [2.75, 3.05) is 18.7 Å². The molecule has 3 aromatic rings. The third-order valence-electron chi connectivity index (χ3n) is 5.93. The first-order valence-corrected chi connectivity index (χ1v) is 10.9. The molecule has 2 amide bonds. The van der Waals surface area contributed by atoms with E-state index >= 15 is 0 Å². The van der Waals surface area contributed by atoms with Gasteiger partial charge in [-0.3, -0.25) is 14.5 Å². The fourth-order valence-electron chi connectivity index (χ4n) is 4.24. The number of nitrogens with one attached hydrogen (secondary N) is 1. The molecule has 0 fully saturated rings. The smallest absolute Gasteiger partial charge is 0.278 e. The number of rotatable bonds is 6. The van der Waals surface area contributed by atoms with Gasteiger partial charge in [-0.1, -0.05) is 54.1 Å². The van der Waals surface area contributed by atoms with Crippen LogP contribution in [0.1, 0.15) is 22.3 Å². The van der Waals surface area contributed by atoms with Crippen LogP contribution in [0.2, 0.25) is 0 Å². The summed E-state index contributed by atoms with van der Waals surface area (Å²) in [4.78, 5) is 28.3. The molecule has 2 aliphatic heterocycles. The lowest BCUT2D eigenvalue weighted by Gasteiger charge is -2.15. The van der Waals surface area contributed by atoms with Gasteiger partial charge in [0.1, 0.15) is 5.70 Å². The predicted octanol–water partition coefficient (Wildman–Crippen LogP) is 4.47. The van der Waals surface area contributed by atoms with Gasteiger partial charge in [-0.05, 0) is 49.1 Å². The zero-order valence-electron chi connectivity index (χ0n) is 18.6. The maximum atomic E-state index is 13.5. The van der Waals surface area contributed by atoms with Crippen molar-refractivity contribution >= 4 is 23.1 Å². The first-order valence-electron chi connectivity index (χ1n) is 10.9. The van der Waals surface area contributed by atoms with Gasteiger partial charge in [-0.2, -0.15) is 0 Å². The van der Waals surface area contributed by atoms with E-state index in [0.717, 1.165) is 22.3 Å². The number of hydrogen-bond acceptors (Lipinski definition) is 5. The summed E-state index contributed by atoms with van der Waals surface area (Å²) in [5.74, 6) is 0.642. The Morgan fingerprint density at radius 1 is 0.879 bits per heavy atom. The van der Waals surface area contributed by atoms with Crippen LogP contribution in [0.15, 0.2) is 72.4 Å². The Kier molecular flexibility index (Phi) is 5.34. The summed E-state index contributed by atoms with van der Waals surface area (Å²) < 4.78 is 10.8. The van der Waals surface area contributed by atoms with Crippen LogP contribution in [0.4, 0.5) is 5.69 Å². The number of benzene rings is 3. The first-order chi connectivity index (χ1) is 16.0. The Balaban J connectivity index is 1.51. The Labute approximate surface area is 192 Å². The normalized spacial score (nSPS) is 14.9. The largest absolute Gasteiger partial charge is 0.454 e. The lowest BCUT2D eigenvalue weighted by molar-refractivity contribution is -0.136. The number of anilines is 1. The van der Waals surface area contributed by atoms with Crippen LogP contribution in [-0.2, 0) is 16.0 Å². The SMILES string of the molecule is Cc1ccc(C2=C(Nc3ccc4c(c3)OCO4)C(=O)N(CCc3ccccc3)C2=O)c(C)c1. The summed E-state index contributed by atoms with van der Waals surface area (Å²) in [6, 6.07) is 21.1. The molecule has 166 valence electrons. The molecular formula is C27H24N2O4. The molecule has 0 unspecified atom stereocenters. The van der Waals surface area contributed by atoms with Crippen LogP contribution < -0.4 is 14.8 Å². The van der Waals surface area contributed by atoms with Gasteiger partial charge >= 0.3 is 0 Å². The van der Waals surface area contributed by atoms with Crippen molar-refractivity contribution in [1.29, 1.82) is 0 Å². The first kappa shape index (κ1) is 20.8. The maximum absolute atomic E-state index is 13.5. The molecule has 6 nitrogen and oxygen atoms in total. The van der Waals surface area contributed by atoms with E-state index in [-0.39, 0.29) is 24.3 Å². The van der Waals surface area contributed by atoms with Gasteiger partial charge in [0, 0.05) is 18.3 Å². The average molecular weight is 440 g/mol. The van der Waals surface area contributed by atoms with Gasteiger partial charge in [-0.15, -0.1) is 0 Å². The average Bonchev–Trinajstić information content (AvgIpc) is 3.36. The van der Waals surface area contributed by atoms with Crippen molar-refractivity contribution < 1.29 is 19.1 Å². The van der Waals surface area contributed by atoms with Gasteiger partial charge in [-0.25, -0.2) is 0 Å². The van der Waals surface area contributed by atoms with Gasteiger partial charge < -0.3 is 14.8 Å². The standard InChI is InChI=1S/C27H24N2O4/c1-17-8-10-21(18(2)14-17)24-25(28-20-9-11-22-23(15-20)33-16-32-22)27(31)29(26(24)30)13-12-19-6-4-3-5-7-19/h3-11,14-15,28H,12-13,16H2,1-2H3. The molecule has 33 heavy (non-hydrogen) atoms. The zero-order chi connectivity index (χ0) is 22.9. The lowest BCUT2D eigenvalue weighted by atomic mass is 9.97. The monoisotopic (exact) mass is 440 g/mol. The number of carbonyl (C=O) groups excluding carboxylic acids is 2. The highest BCUT2D eigenvalue weighted by Crippen LogP contribution is 2.37. The molecule has 0 bridgehead atoms. The molecule has 3 aromatic carbocycles. The summed E-state index contributed by atoms with van der Waals surface area (Å²) in [5.41, 5.74) is 5.19. The second kappa shape index (κ2) is 8.47. The van der Waals surface area contributed by atoms with Crippen LogP contribution in [0.3, 0.4) is 0 Å². The molecule has 0 aromatic heterocycles. The van der Waals surface area contributed by atoms with E-state index in [0.29, 0.717) is 35.7 Å². The molecule has 2 aliphatic rings. The summed E-state index contributed by atoms with van der Waals surface area (Å²) in [6.07, 6.45) is 0.593. The molecule has 0 aliphatic carbocycles. The number of carbonyl (C=O) groups is 2. The zero-order valence-corrected chi connectivity index (χ0v) is 18.6. The maximum Gasteiger partial charge on any atom is 0.278 e. The second-order valence-electron chi connectivity index (χ2n) is 8.26. The van der Waals surface area contributed by atoms with Crippen molar-refractivity contribution in [1.82, 2.24) is 4.90 Å². The fraction of sp³-hybridized carbons (Fsp3) is 0.185. The number of aryl methyl sites for hydroxylation is 2. The summed E-state index contributed by atoms with van der Waals surface area (Å²) >= 11 is 0. The summed E-state index contributed by atoms with van der Waals surface area (Å²) in [7, 11) is 0. The lowest BCUT2D eigenvalue weighted by Crippen LogP contribution is -2.34. The number of hydrogen-bond donors (Lipinski definition) is 1. The van der Waals surface area contributed by atoms with E-state index in [2.05, 4.69) is 5.32 Å². The second-order valence-corrected chi connectivity index (χ2v) is 8.26. The Morgan fingerprint density at radius 2 is 1.67 bits per heavy atom. The fourth-order valence-corrected chi connectivity index (χ4v) is 4.24. The molecule has 1 N–H and O–H groups in total. The molecular weight excluding hydrogens is 416 g/mol. The van der Waals surface area contributed by atoms with E-state index in [4.69, 9.17) is 9.47 Å². The summed E-state index contributed by atoms with van der Waals surface area (Å²) in [6.45, 7) is 4.44. The number of amides is 2. The Bertz CT molecular complexity index is 1280. The summed E-state index contributed by atoms with van der Waals surface area (Å²) in [5, 5.41) is 3.20. The van der Waals surface area contributed by atoms with E-state index in [9.17, 15) is 9.59 Å². The minimum atomic E-state index is -0.330. The van der Waals surface area contributed by atoms with Crippen molar-refractivity contribution in [2.45, 2.75) is 20.3 Å². The minimum absolute atomic E-state index is 0.167. The highest BCUT2D eigenvalue weighted by atomic mass is 16.7. The van der Waals surface area contributed by atoms with Crippen LogP contribution in [0, 0.1) is 13.8 Å². The van der Waals surface area contributed by atoms with Crippen molar-refractivity contribution in [2.24, 2.45) is 0 Å². The van der Waals surface area contributed by atoms with Crippen LogP contribution in [0.25, 0.3) is 5.57 Å². The molecule has 2 heterocycles. The molecule has 0 atom stereocenters. The molecule has 5 rings (SSSR count). The van der Waals surface area contributed by atoms with Gasteiger partial charge in [0.05, 0.1) is 5.57 Å². The Morgan fingerprint density at radius 3 is 2.45 bits per heavy atom. The van der Waals surface area contributed by atoms with E-state index < -0.39 is 0 Å². The third kappa shape index (κ3) is 3.96. The van der Waals surface area contributed by atoms with Crippen molar-refractivity contribution in [3.05, 3.63) is 94.7 Å². The molecule has 6 heteroatoms.